The lowest BCUT2D eigenvalue weighted by molar-refractivity contribution is -0.115. The molecular weight excluding hydrogens is 394 g/mol. The maximum absolute atomic E-state index is 12.5. The van der Waals surface area contributed by atoms with Crippen LogP contribution in [-0.2, 0) is 4.79 Å². The van der Waals surface area contributed by atoms with E-state index in [4.69, 9.17) is 9.47 Å². The number of nitrogens with one attached hydrogen (secondary N) is 3. The smallest absolute Gasteiger partial charge is 0.315 e. The number of hydrogen-bond acceptors (Lipinski definition) is 4. The van der Waals surface area contributed by atoms with Crippen LogP contribution in [0.4, 0.5) is 10.5 Å². The molecule has 0 spiro atoms. The molecule has 7 nitrogen and oxygen atoms in total. The van der Waals surface area contributed by atoms with Crippen molar-refractivity contribution in [2.75, 3.05) is 25.1 Å². The van der Waals surface area contributed by atoms with E-state index in [1.165, 1.54) is 0 Å². The van der Waals surface area contributed by atoms with Gasteiger partial charge >= 0.3 is 6.03 Å². The van der Waals surface area contributed by atoms with Gasteiger partial charge in [-0.15, -0.1) is 0 Å². The second-order valence-electron chi connectivity index (χ2n) is 8.27. The van der Waals surface area contributed by atoms with Gasteiger partial charge in [0.1, 0.15) is 13.2 Å². The Balaban J connectivity index is 1.59. The molecule has 0 radical (unpaired) electrons. The molecule has 1 aliphatic rings. The molecule has 3 rings (SSSR count). The van der Waals surface area contributed by atoms with Crippen molar-refractivity contribution in [1.29, 1.82) is 0 Å². The summed E-state index contributed by atoms with van der Waals surface area (Å²) < 4.78 is 11.2. The molecule has 1 heterocycles. The van der Waals surface area contributed by atoms with Gasteiger partial charge in [0.15, 0.2) is 11.5 Å². The molecule has 1 aliphatic heterocycles. The summed E-state index contributed by atoms with van der Waals surface area (Å²) in [7, 11) is 0. The minimum Gasteiger partial charge on any atom is -0.486 e. The Morgan fingerprint density at radius 2 is 1.61 bits per heavy atom. The van der Waals surface area contributed by atoms with Gasteiger partial charge in [0.2, 0.25) is 5.91 Å². The highest BCUT2D eigenvalue weighted by Crippen LogP contribution is 2.34. The Hall–Kier alpha value is -3.22. The third-order valence-corrected chi connectivity index (χ3v) is 5.23. The maximum Gasteiger partial charge on any atom is 0.315 e. The van der Waals surface area contributed by atoms with Crippen molar-refractivity contribution in [2.45, 2.75) is 40.7 Å². The number of urea groups is 1. The van der Waals surface area contributed by atoms with E-state index in [1.807, 2.05) is 65.0 Å². The second-order valence-corrected chi connectivity index (χ2v) is 8.27. The largest absolute Gasteiger partial charge is 0.486 e. The molecule has 0 saturated carbocycles. The highest BCUT2D eigenvalue weighted by atomic mass is 16.6. The zero-order valence-electron chi connectivity index (χ0n) is 18.8. The number of fused-ring (bicyclic) bond motifs is 1. The van der Waals surface area contributed by atoms with Crippen LogP contribution in [0.3, 0.4) is 0 Å². The van der Waals surface area contributed by atoms with Gasteiger partial charge in [-0.25, -0.2) is 4.79 Å². The van der Waals surface area contributed by atoms with Crippen LogP contribution in [0, 0.1) is 26.7 Å². The van der Waals surface area contributed by atoms with Gasteiger partial charge < -0.3 is 25.4 Å². The first-order valence-electron chi connectivity index (χ1n) is 10.6. The summed E-state index contributed by atoms with van der Waals surface area (Å²) >= 11 is 0. The number of carbonyl (C=O) groups excluding carboxylic acids is 2. The molecule has 7 heteroatoms. The zero-order valence-corrected chi connectivity index (χ0v) is 18.8. The molecule has 2 aromatic carbocycles. The van der Waals surface area contributed by atoms with Crippen LogP contribution in [-0.4, -0.2) is 31.7 Å². The fraction of sp³-hybridized carbons (Fsp3) is 0.417. The Morgan fingerprint density at radius 1 is 0.968 bits per heavy atom. The van der Waals surface area contributed by atoms with Crippen molar-refractivity contribution in [2.24, 2.45) is 5.92 Å². The predicted molar refractivity (Wildman–Crippen MR) is 121 cm³/mol. The quantitative estimate of drug-likeness (QED) is 0.652. The fourth-order valence-electron chi connectivity index (χ4n) is 3.80. The summed E-state index contributed by atoms with van der Waals surface area (Å²) in [5.41, 5.74) is 4.84. The van der Waals surface area contributed by atoms with Crippen molar-refractivity contribution in [3.8, 4) is 11.5 Å². The number of carbonyl (C=O) groups is 2. The number of hydrogen-bond donors (Lipinski definition) is 3. The van der Waals surface area contributed by atoms with Crippen molar-refractivity contribution in [3.05, 3.63) is 52.6 Å². The first-order valence-corrected chi connectivity index (χ1v) is 10.6. The summed E-state index contributed by atoms with van der Waals surface area (Å²) in [5, 5.41) is 8.51. The van der Waals surface area contributed by atoms with Crippen LogP contribution in [0.25, 0.3) is 0 Å². The fourth-order valence-corrected chi connectivity index (χ4v) is 3.80. The second kappa shape index (κ2) is 9.73. The van der Waals surface area contributed by atoms with E-state index in [-0.39, 0.29) is 24.4 Å². The van der Waals surface area contributed by atoms with Gasteiger partial charge in [-0.3, -0.25) is 4.79 Å². The molecule has 3 N–H and O–H groups in total. The van der Waals surface area contributed by atoms with Crippen LogP contribution in [0.15, 0.2) is 30.3 Å². The summed E-state index contributed by atoms with van der Waals surface area (Å²) in [6.07, 6.45) is 0. The summed E-state index contributed by atoms with van der Waals surface area (Å²) in [6.45, 7) is 10.9. The first kappa shape index (κ1) is 22.5. The number of anilines is 1. The van der Waals surface area contributed by atoms with Gasteiger partial charge in [0.25, 0.3) is 0 Å². The van der Waals surface area contributed by atoms with Crippen molar-refractivity contribution in [3.63, 3.8) is 0 Å². The normalized spacial score (nSPS) is 13.5. The van der Waals surface area contributed by atoms with E-state index in [1.54, 1.807) is 0 Å². The van der Waals surface area contributed by atoms with Gasteiger partial charge in [-0.1, -0.05) is 37.6 Å². The standard InChI is InChI=1S/C24H31N3O4/c1-14(2)22(18-6-7-19-20(12-18)31-9-8-30-19)27-24(29)25-13-21(28)26-23-16(4)10-15(3)11-17(23)5/h6-7,10-12,14,22H,8-9,13H2,1-5H3,(H,26,28)(H2,25,27,29)/t22-/m1/s1. The first-order chi connectivity index (χ1) is 14.7. The number of ether oxygens (including phenoxy) is 2. The van der Waals surface area contributed by atoms with Crippen LogP contribution >= 0.6 is 0 Å². The van der Waals surface area contributed by atoms with Crippen molar-refractivity contribution >= 4 is 17.6 Å². The highest BCUT2D eigenvalue weighted by Gasteiger charge is 2.22. The summed E-state index contributed by atoms with van der Waals surface area (Å²) in [5.74, 6) is 1.26. The lowest BCUT2D eigenvalue weighted by atomic mass is 9.95. The van der Waals surface area contributed by atoms with Crippen LogP contribution in [0.2, 0.25) is 0 Å². The molecule has 3 amide bonds. The molecule has 31 heavy (non-hydrogen) atoms. The van der Waals surface area contributed by atoms with E-state index in [0.29, 0.717) is 24.7 Å². The molecule has 2 aromatic rings. The molecule has 0 aliphatic carbocycles. The average molecular weight is 426 g/mol. The third-order valence-electron chi connectivity index (χ3n) is 5.23. The predicted octanol–water partition coefficient (Wildman–Crippen LogP) is 4.02. The minimum absolute atomic E-state index is 0.120. The molecule has 0 aromatic heterocycles. The summed E-state index contributed by atoms with van der Waals surface area (Å²) in [4.78, 5) is 24.9. The zero-order chi connectivity index (χ0) is 22.5. The number of amides is 3. The molecule has 166 valence electrons. The molecular formula is C24H31N3O4. The molecule has 1 atom stereocenters. The van der Waals surface area contributed by atoms with E-state index in [2.05, 4.69) is 16.0 Å². The molecule has 0 unspecified atom stereocenters. The maximum atomic E-state index is 12.5. The number of benzene rings is 2. The van der Waals surface area contributed by atoms with Crippen molar-refractivity contribution in [1.82, 2.24) is 10.6 Å². The van der Waals surface area contributed by atoms with Crippen LogP contribution in [0.1, 0.15) is 42.1 Å². The summed E-state index contributed by atoms with van der Waals surface area (Å²) in [6, 6.07) is 9.08. The van der Waals surface area contributed by atoms with Gasteiger partial charge in [-0.2, -0.15) is 0 Å². The van der Waals surface area contributed by atoms with Gasteiger partial charge in [0.05, 0.1) is 12.6 Å². The van der Waals surface area contributed by atoms with E-state index < -0.39 is 6.03 Å². The minimum atomic E-state index is -0.402. The Labute approximate surface area is 183 Å². The molecule has 0 fully saturated rings. The lowest BCUT2D eigenvalue weighted by Crippen LogP contribution is -2.42. The Bertz CT molecular complexity index is 948. The lowest BCUT2D eigenvalue weighted by Gasteiger charge is -2.25. The number of rotatable bonds is 6. The molecule has 0 saturated heterocycles. The van der Waals surface area contributed by atoms with E-state index in [9.17, 15) is 9.59 Å². The molecule has 0 bridgehead atoms. The van der Waals surface area contributed by atoms with Gasteiger partial charge in [-0.05, 0) is 55.5 Å². The van der Waals surface area contributed by atoms with Crippen LogP contribution < -0.4 is 25.4 Å². The highest BCUT2D eigenvalue weighted by molar-refractivity contribution is 5.95. The number of aryl methyl sites for hydroxylation is 3. The Kier molecular flexibility index (Phi) is 7.05. The Morgan fingerprint density at radius 3 is 2.26 bits per heavy atom. The van der Waals surface area contributed by atoms with Crippen molar-refractivity contribution < 1.29 is 19.1 Å². The third kappa shape index (κ3) is 5.69. The van der Waals surface area contributed by atoms with Gasteiger partial charge in [0, 0.05) is 5.69 Å². The topological polar surface area (TPSA) is 88.7 Å². The van der Waals surface area contributed by atoms with Crippen LogP contribution in [0.5, 0.6) is 11.5 Å². The van der Waals surface area contributed by atoms with E-state index in [0.717, 1.165) is 27.9 Å². The monoisotopic (exact) mass is 425 g/mol. The SMILES string of the molecule is Cc1cc(C)c(NC(=O)CNC(=O)N[C@@H](c2ccc3c(c2)OCCO3)C(C)C)c(C)c1. The average Bonchev–Trinajstić information content (AvgIpc) is 2.72. The van der Waals surface area contributed by atoms with E-state index >= 15 is 0 Å².